The molecule has 0 radical (unpaired) electrons. The molecule has 0 unspecified atom stereocenters. The van der Waals surface area contributed by atoms with Crippen molar-refractivity contribution in [3.05, 3.63) is 58.4 Å². The molecule has 0 amide bonds. The summed E-state index contributed by atoms with van der Waals surface area (Å²) in [6, 6.07) is 8.51. The van der Waals surface area contributed by atoms with Crippen LogP contribution in [0.3, 0.4) is 0 Å². The fourth-order valence-corrected chi connectivity index (χ4v) is 1.87. The third-order valence-electron chi connectivity index (χ3n) is 2.81. The zero-order valence-electron chi connectivity index (χ0n) is 11.1. The van der Waals surface area contributed by atoms with Crippen LogP contribution in [0.5, 0.6) is 11.5 Å². The van der Waals surface area contributed by atoms with E-state index >= 15 is 0 Å². The number of carbonyl (C=O) groups is 1. The van der Waals surface area contributed by atoms with Crippen molar-refractivity contribution in [3.8, 4) is 11.5 Å². The minimum atomic E-state index is -1.04. The molecule has 1 N–H and O–H groups in total. The fraction of sp³-hybridized carbons (Fsp3) is 0.133. The minimum Gasteiger partial charge on any atom is -0.496 e. The average molecular weight is 311 g/mol. The molecule has 0 spiro atoms. The Balaban J connectivity index is 2.19. The van der Waals surface area contributed by atoms with E-state index in [-0.39, 0.29) is 17.2 Å². The molecule has 6 heteroatoms. The SMILES string of the molecule is COc1ccc(C(=O)O)cc1COc1ccc(Cl)c(F)c1. The second kappa shape index (κ2) is 6.45. The van der Waals surface area contributed by atoms with Crippen molar-refractivity contribution in [1.82, 2.24) is 0 Å². The topological polar surface area (TPSA) is 55.8 Å². The summed E-state index contributed by atoms with van der Waals surface area (Å²) in [5.41, 5.74) is 0.671. The quantitative estimate of drug-likeness (QED) is 0.913. The van der Waals surface area contributed by atoms with Gasteiger partial charge in [0.05, 0.1) is 17.7 Å². The molecule has 0 fully saturated rings. The number of ether oxygens (including phenoxy) is 2. The lowest BCUT2D eigenvalue weighted by Gasteiger charge is -2.11. The summed E-state index contributed by atoms with van der Waals surface area (Å²) in [7, 11) is 1.47. The molecule has 2 aromatic rings. The molecule has 110 valence electrons. The number of halogens is 2. The molecule has 0 bridgehead atoms. The summed E-state index contributed by atoms with van der Waals surface area (Å²) >= 11 is 5.59. The summed E-state index contributed by atoms with van der Waals surface area (Å²) in [5.74, 6) is -0.842. The van der Waals surface area contributed by atoms with Crippen molar-refractivity contribution in [2.45, 2.75) is 6.61 Å². The van der Waals surface area contributed by atoms with Gasteiger partial charge in [-0.3, -0.25) is 0 Å². The molecular weight excluding hydrogens is 299 g/mol. The van der Waals surface area contributed by atoms with Crippen molar-refractivity contribution < 1.29 is 23.8 Å². The van der Waals surface area contributed by atoms with Gasteiger partial charge in [-0.2, -0.15) is 0 Å². The summed E-state index contributed by atoms with van der Waals surface area (Å²) in [4.78, 5) is 11.0. The van der Waals surface area contributed by atoms with E-state index in [1.807, 2.05) is 0 Å². The molecule has 0 aliphatic rings. The maximum Gasteiger partial charge on any atom is 0.335 e. The molecule has 0 aromatic heterocycles. The van der Waals surface area contributed by atoms with Crippen molar-refractivity contribution in [3.63, 3.8) is 0 Å². The zero-order chi connectivity index (χ0) is 15.4. The third-order valence-corrected chi connectivity index (χ3v) is 3.12. The van der Waals surface area contributed by atoms with Crippen LogP contribution in [0.1, 0.15) is 15.9 Å². The van der Waals surface area contributed by atoms with E-state index in [4.69, 9.17) is 26.2 Å². The molecule has 4 nitrogen and oxygen atoms in total. The smallest absolute Gasteiger partial charge is 0.335 e. The number of hydrogen-bond acceptors (Lipinski definition) is 3. The fourth-order valence-electron chi connectivity index (χ4n) is 1.75. The summed E-state index contributed by atoms with van der Waals surface area (Å²) in [5, 5.41) is 8.99. The zero-order valence-corrected chi connectivity index (χ0v) is 11.9. The molecule has 2 aromatic carbocycles. The Bertz CT molecular complexity index is 673. The second-order valence-electron chi connectivity index (χ2n) is 4.20. The van der Waals surface area contributed by atoms with Crippen LogP contribution in [0, 0.1) is 5.82 Å². The van der Waals surface area contributed by atoms with Gasteiger partial charge in [0.25, 0.3) is 0 Å². The lowest BCUT2D eigenvalue weighted by Crippen LogP contribution is -2.03. The minimum absolute atomic E-state index is 0.00723. The van der Waals surface area contributed by atoms with Gasteiger partial charge in [-0.25, -0.2) is 9.18 Å². The first kappa shape index (κ1) is 15.1. The van der Waals surface area contributed by atoms with Crippen LogP contribution in [0.25, 0.3) is 0 Å². The lowest BCUT2D eigenvalue weighted by molar-refractivity contribution is 0.0696. The van der Waals surface area contributed by atoms with Crippen molar-refractivity contribution >= 4 is 17.6 Å². The van der Waals surface area contributed by atoms with Gasteiger partial charge in [0, 0.05) is 11.6 Å². The highest BCUT2D eigenvalue weighted by Gasteiger charge is 2.10. The standard InChI is InChI=1S/C15H12ClFO4/c1-20-14-5-2-9(15(18)19)6-10(14)8-21-11-3-4-12(16)13(17)7-11/h2-7H,8H2,1H3,(H,18,19). The van der Waals surface area contributed by atoms with Gasteiger partial charge in [-0.05, 0) is 30.3 Å². The van der Waals surface area contributed by atoms with Gasteiger partial charge in [0.2, 0.25) is 0 Å². The monoisotopic (exact) mass is 310 g/mol. The first-order valence-electron chi connectivity index (χ1n) is 5.99. The van der Waals surface area contributed by atoms with Crippen LogP contribution in [0.2, 0.25) is 5.02 Å². The number of aromatic carboxylic acids is 1. The highest BCUT2D eigenvalue weighted by atomic mass is 35.5. The molecule has 0 aliphatic carbocycles. The largest absolute Gasteiger partial charge is 0.496 e. The number of hydrogen-bond donors (Lipinski definition) is 1. The van der Waals surface area contributed by atoms with Crippen LogP contribution in [0.4, 0.5) is 4.39 Å². The number of benzene rings is 2. The summed E-state index contributed by atoms with van der Waals surface area (Å²) in [6.45, 7) is 0.0470. The normalized spacial score (nSPS) is 10.2. The van der Waals surface area contributed by atoms with E-state index in [9.17, 15) is 9.18 Å². The van der Waals surface area contributed by atoms with Crippen molar-refractivity contribution in [1.29, 1.82) is 0 Å². The predicted octanol–water partition coefficient (Wildman–Crippen LogP) is 3.76. The van der Waals surface area contributed by atoms with Crippen LogP contribution in [0.15, 0.2) is 36.4 Å². The molecule has 0 aliphatic heterocycles. The molecule has 0 saturated heterocycles. The summed E-state index contributed by atoms with van der Waals surface area (Å²) < 4.78 is 23.9. The molecular formula is C15H12ClFO4. The molecule has 2 rings (SSSR count). The van der Waals surface area contributed by atoms with Crippen molar-refractivity contribution in [2.75, 3.05) is 7.11 Å². The van der Waals surface area contributed by atoms with Crippen LogP contribution in [-0.4, -0.2) is 18.2 Å². The Kier molecular flexibility index (Phi) is 4.65. The Morgan fingerprint density at radius 2 is 2.05 bits per heavy atom. The van der Waals surface area contributed by atoms with E-state index in [1.54, 1.807) is 6.07 Å². The number of methoxy groups -OCH3 is 1. The van der Waals surface area contributed by atoms with E-state index in [1.165, 1.54) is 31.4 Å². The Morgan fingerprint density at radius 1 is 1.29 bits per heavy atom. The van der Waals surface area contributed by atoms with E-state index in [0.717, 1.165) is 6.07 Å². The van der Waals surface area contributed by atoms with Crippen LogP contribution < -0.4 is 9.47 Å². The highest BCUT2D eigenvalue weighted by molar-refractivity contribution is 6.30. The molecule has 0 atom stereocenters. The Morgan fingerprint density at radius 3 is 2.67 bits per heavy atom. The Labute approximate surface area is 125 Å². The van der Waals surface area contributed by atoms with Crippen molar-refractivity contribution in [2.24, 2.45) is 0 Å². The van der Waals surface area contributed by atoms with E-state index < -0.39 is 11.8 Å². The molecule has 0 heterocycles. The number of carboxylic acid groups (broad SMARTS) is 1. The number of rotatable bonds is 5. The Hall–Kier alpha value is -2.27. The van der Waals surface area contributed by atoms with Gasteiger partial charge in [-0.15, -0.1) is 0 Å². The van der Waals surface area contributed by atoms with Crippen LogP contribution in [-0.2, 0) is 6.61 Å². The van der Waals surface area contributed by atoms with Gasteiger partial charge < -0.3 is 14.6 Å². The summed E-state index contributed by atoms with van der Waals surface area (Å²) in [6.07, 6.45) is 0. The maximum absolute atomic E-state index is 13.3. The first-order chi connectivity index (χ1) is 10.0. The highest BCUT2D eigenvalue weighted by Crippen LogP contribution is 2.24. The van der Waals surface area contributed by atoms with Gasteiger partial charge >= 0.3 is 5.97 Å². The van der Waals surface area contributed by atoms with E-state index in [2.05, 4.69) is 0 Å². The van der Waals surface area contributed by atoms with E-state index in [0.29, 0.717) is 17.1 Å². The second-order valence-corrected chi connectivity index (χ2v) is 4.60. The first-order valence-corrected chi connectivity index (χ1v) is 6.37. The van der Waals surface area contributed by atoms with Gasteiger partial charge in [0.15, 0.2) is 0 Å². The third kappa shape index (κ3) is 3.64. The molecule has 0 saturated carbocycles. The van der Waals surface area contributed by atoms with Gasteiger partial charge in [-0.1, -0.05) is 11.6 Å². The predicted molar refractivity (Wildman–Crippen MR) is 75.7 cm³/mol. The molecule has 21 heavy (non-hydrogen) atoms. The number of carboxylic acids is 1. The van der Waals surface area contributed by atoms with Crippen LogP contribution >= 0.6 is 11.6 Å². The average Bonchev–Trinajstić information content (AvgIpc) is 2.48. The lowest BCUT2D eigenvalue weighted by atomic mass is 10.1. The maximum atomic E-state index is 13.3. The van der Waals surface area contributed by atoms with Gasteiger partial charge in [0.1, 0.15) is 23.9 Å².